The first-order chi connectivity index (χ1) is 21.1. The predicted molar refractivity (Wildman–Crippen MR) is 182 cm³/mol. The summed E-state index contributed by atoms with van der Waals surface area (Å²) >= 11 is 0. The molecule has 1 atom stereocenters. The molecule has 3 heteroatoms. The van der Waals surface area contributed by atoms with Crippen LogP contribution in [0.4, 0.5) is 14.5 Å². The average molecular weight is 584 g/mol. The van der Waals surface area contributed by atoms with Crippen LogP contribution in [0, 0.1) is 18.6 Å². The van der Waals surface area contributed by atoms with Crippen LogP contribution in [-0.2, 0) is 17.3 Å². The molecule has 1 unspecified atom stereocenters. The molecule has 44 heavy (non-hydrogen) atoms. The Bertz CT molecular complexity index is 1960. The second kappa shape index (κ2) is 11.2. The Morgan fingerprint density at radius 1 is 0.841 bits per heavy atom. The molecule has 0 spiro atoms. The van der Waals surface area contributed by atoms with Crippen LogP contribution in [0.5, 0.6) is 0 Å². The van der Waals surface area contributed by atoms with Crippen LogP contribution in [0.3, 0.4) is 0 Å². The van der Waals surface area contributed by atoms with Gasteiger partial charge in [-0.2, -0.15) is 0 Å². The third-order valence-corrected chi connectivity index (χ3v) is 9.61. The van der Waals surface area contributed by atoms with E-state index >= 15 is 8.78 Å². The molecule has 1 aliphatic rings. The molecule has 0 fully saturated rings. The van der Waals surface area contributed by atoms with Gasteiger partial charge in [0.25, 0.3) is 0 Å². The van der Waals surface area contributed by atoms with E-state index < -0.39 is 17.0 Å². The average Bonchev–Trinajstić information content (AvgIpc) is 3.24. The lowest BCUT2D eigenvalue weighted by molar-refractivity contribution is 0.500. The summed E-state index contributed by atoms with van der Waals surface area (Å²) in [6.07, 6.45) is 6.41. The molecule has 222 valence electrons. The molecule has 0 bridgehead atoms. The molecule has 0 N–H and O–H groups in total. The molecule has 0 aliphatic carbocycles. The molecule has 0 amide bonds. The Morgan fingerprint density at radius 3 is 2.14 bits per heavy atom. The Labute approximate surface area is 259 Å². The van der Waals surface area contributed by atoms with Gasteiger partial charge in [0.1, 0.15) is 11.6 Å². The second-order valence-corrected chi connectivity index (χ2v) is 12.7. The van der Waals surface area contributed by atoms with E-state index in [1.165, 1.54) is 45.9 Å². The molecule has 1 aliphatic heterocycles. The molecule has 1 nitrogen and oxygen atoms in total. The lowest BCUT2D eigenvalue weighted by Gasteiger charge is -2.34. The van der Waals surface area contributed by atoms with Crippen molar-refractivity contribution in [2.75, 3.05) is 11.4 Å². The van der Waals surface area contributed by atoms with E-state index in [-0.39, 0.29) is 17.4 Å². The van der Waals surface area contributed by atoms with Crippen LogP contribution in [0.2, 0.25) is 0 Å². The van der Waals surface area contributed by atoms with Crippen molar-refractivity contribution in [1.29, 1.82) is 0 Å². The summed E-state index contributed by atoms with van der Waals surface area (Å²) in [5.41, 5.74) is 5.75. The SMILES string of the molecule is C=C(/C=C/C=C1/N(CC)c2ccc3ccccc3c2C1(C)C)C(C)(Cc1c(F)cccc1F)c1c(C)ccc2ccccc12. The van der Waals surface area contributed by atoms with Gasteiger partial charge in [0, 0.05) is 34.3 Å². The normalized spacial score (nSPS) is 16.6. The fourth-order valence-corrected chi connectivity index (χ4v) is 7.35. The minimum Gasteiger partial charge on any atom is -0.344 e. The zero-order valence-corrected chi connectivity index (χ0v) is 26.2. The zero-order chi connectivity index (χ0) is 31.2. The van der Waals surface area contributed by atoms with Gasteiger partial charge in [0.15, 0.2) is 0 Å². The molecule has 1 heterocycles. The molecule has 5 aromatic carbocycles. The van der Waals surface area contributed by atoms with Gasteiger partial charge in [-0.1, -0.05) is 112 Å². The highest BCUT2D eigenvalue weighted by Gasteiger charge is 2.40. The summed E-state index contributed by atoms with van der Waals surface area (Å²) in [6.45, 7) is 16.3. The largest absolute Gasteiger partial charge is 0.344 e. The molecule has 0 saturated heterocycles. The minimum atomic E-state index is -0.780. The summed E-state index contributed by atoms with van der Waals surface area (Å²) in [7, 11) is 0. The molecule has 0 radical (unpaired) electrons. The monoisotopic (exact) mass is 583 g/mol. The van der Waals surface area contributed by atoms with Crippen molar-refractivity contribution >= 4 is 27.2 Å². The maximum absolute atomic E-state index is 15.1. The van der Waals surface area contributed by atoms with Gasteiger partial charge >= 0.3 is 0 Å². The summed E-state index contributed by atoms with van der Waals surface area (Å²) < 4.78 is 30.3. The maximum atomic E-state index is 15.1. The van der Waals surface area contributed by atoms with E-state index in [1.54, 1.807) is 0 Å². The number of hydrogen-bond acceptors (Lipinski definition) is 1. The van der Waals surface area contributed by atoms with Crippen LogP contribution in [0.1, 0.15) is 49.9 Å². The maximum Gasteiger partial charge on any atom is 0.129 e. The van der Waals surface area contributed by atoms with Gasteiger partial charge in [-0.15, -0.1) is 0 Å². The fraction of sp³-hybridized carbons (Fsp3) is 0.220. The minimum absolute atomic E-state index is 0.0756. The number of anilines is 1. The molecule has 5 aromatic rings. The third-order valence-electron chi connectivity index (χ3n) is 9.61. The van der Waals surface area contributed by atoms with E-state index in [2.05, 4.69) is 119 Å². The Hall–Kier alpha value is -4.50. The number of allylic oxidation sites excluding steroid dienone is 5. The van der Waals surface area contributed by atoms with E-state index in [0.29, 0.717) is 0 Å². The van der Waals surface area contributed by atoms with Crippen LogP contribution < -0.4 is 4.90 Å². The molecular formula is C41H39F2N. The smallest absolute Gasteiger partial charge is 0.129 e. The highest BCUT2D eigenvalue weighted by Crippen LogP contribution is 2.50. The summed E-state index contributed by atoms with van der Waals surface area (Å²) in [6, 6.07) is 29.5. The summed E-state index contributed by atoms with van der Waals surface area (Å²) in [5.74, 6) is -1.08. The number of likely N-dealkylation sites (N-methyl/N-ethyl adjacent to an activating group) is 1. The third kappa shape index (κ3) is 4.76. The number of rotatable bonds is 7. The van der Waals surface area contributed by atoms with Crippen molar-refractivity contribution in [1.82, 2.24) is 0 Å². The zero-order valence-electron chi connectivity index (χ0n) is 26.2. The van der Waals surface area contributed by atoms with Crippen molar-refractivity contribution in [2.45, 2.75) is 51.9 Å². The Balaban J connectivity index is 1.46. The first-order valence-electron chi connectivity index (χ1n) is 15.4. The van der Waals surface area contributed by atoms with Gasteiger partial charge in [-0.05, 0) is 88.4 Å². The van der Waals surface area contributed by atoms with Crippen molar-refractivity contribution in [3.05, 3.63) is 161 Å². The lowest BCUT2D eigenvalue weighted by atomic mass is 9.69. The topological polar surface area (TPSA) is 3.24 Å². The van der Waals surface area contributed by atoms with Crippen LogP contribution in [-0.4, -0.2) is 6.54 Å². The standard InChI is InChI=1S/C41H39F2N/c1-7-44-36-25-24-30-16-9-11-18-32(30)39(36)40(4,5)37(44)21-12-14-28(3)41(6,26-33-34(42)19-13-20-35(33)43)38-27(2)22-23-29-15-8-10-17-31(29)38/h8-25H,3,7,26H2,1-2,4-6H3/b14-12+,37-21+. The first kappa shape index (κ1) is 29.6. The number of nitrogens with zero attached hydrogens (tertiary/aromatic N) is 1. The van der Waals surface area contributed by atoms with E-state index in [9.17, 15) is 0 Å². The van der Waals surface area contributed by atoms with Crippen molar-refractivity contribution in [3.63, 3.8) is 0 Å². The van der Waals surface area contributed by atoms with Gasteiger partial charge in [0.2, 0.25) is 0 Å². The molecule has 0 aromatic heterocycles. The Kier molecular flexibility index (Phi) is 7.53. The van der Waals surface area contributed by atoms with Crippen LogP contribution >= 0.6 is 0 Å². The second-order valence-electron chi connectivity index (χ2n) is 12.7. The van der Waals surface area contributed by atoms with Gasteiger partial charge < -0.3 is 4.90 Å². The number of halogens is 2. The quantitative estimate of drug-likeness (QED) is 0.172. The predicted octanol–water partition coefficient (Wildman–Crippen LogP) is 10.9. The highest BCUT2D eigenvalue weighted by atomic mass is 19.1. The van der Waals surface area contributed by atoms with Gasteiger partial charge in [-0.3, -0.25) is 0 Å². The molecule has 6 rings (SSSR count). The number of benzene rings is 5. The van der Waals surface area contributed by atoms with E-state index in [0.717, 1.165) is 34.0 Å². The first-order valence-corrected chi connectivity index (χ1v) is 15.4. The van der Waals surface area contributed by atoms with Crippen molar-refractivity contribution in [2.24, 2.45) is 0 Å². The van der Waals surface area contributed by atoms with Gasteiger partial charge in [-0.25, -0.2) is 8.78 Å². The van der Waals surface area contributed by atoms with Crippen molar-refractivity contribution in [3.8, 4) is 0 Å². The molecular weight excluding hydrogens is 544 g/mol. The lowest BCUT2D eigenvalue weighted by Crippen LogP contribution is -2.29. The number of hydrogen-bond donors (Lipinski definition) is 0. The summed E-state index contributed by atoms with van der Waals surface area (Å²) in [5, 5.41) is 4.66. The van der Waals surface area contributed by atoms with Crippen molar-refractivity contribution < 1.29 is 8.78 Å². The van der Waals surface area contributed by atoms with E-state index in [1.807, 2.05) is 18.2 Å². The molecule has 0 saturated carbocycles. The van der Waals surface area contributed by atoms with E-state index in [4.69, 9.17) is 0 Å². The highest BCUT2D eigenvalue weighted by molar-refractivity contribution is 5.95. The van der Waals surface area contributed by atoms with Gasteiger partial charge in [0.05, 0.1) is 0 Å². The Morgan fingerprint density at radius 2 is 1.45 bits per heavy atom. The van der Waals surface area contributed by atoms with Crippen LogP contribution in [0.15, 0.2) is 127 Å². The number of aryl methyl sites for hydroxylation is 1. The fourth-order valence-electron chi connectivity index (χ4n) is 7.35. The van der Waals surface area contributed by atoms with Crippen LogP contribution in [0.25, 0.3) is 21.5 Å². The number of fused-ring (bicyclic) bond motifs is 4. The summed E-state index contributed by atoms with van der Waals surface area (Å²) in [4.78, 5) is 2.39.